The zero-order chi connectivity index (χ0) is 13.8. The van der Waals surface area contributed by atoms with Crippen molar-refractivity contribution in [1.29, 1.82) is 0 Å². The standard InChI is InChI=1S/C14H18FN3O/c1-9(4-3-7-16)14-17-13(18-19-14)11-5-6-12(15)10(2)8-11/h5-6,8-9H,3-4,7,16H2,1-2H3. The van der Waals surface area contributed by atoms with Crippen molar-refractivity contribution in [2.45, 2.75) is 32.6 Å². The Morgan fingerprint density at radius 3 is 2.89 bits per heavy atom. The van der Waals surface area contributed by atoms with Gasteiger partial charge >= 0.3 is 0 Å². The molecule has 1 unspecified atom stereocenters. The molecule has 102 valence electrons. The molecule has 0 amide bonds. The normalized spacial score (nSPS) is 12.6. The highest BCUT2D eigenvalue weighted by atomic mass is 19.1. The second-order valence-corrected chi connectivity index (χ2v) is 4.75. The van der Waals surface area contributed by atoms with Crippen LogP contribution in [0.3, 0.4) is 0 Å². The molecule has 2 rings (SSSR count). The summed E-state index contributed by atoms with van der Waals surface area (Å²) in [6, 6.07) is 4.79. The summed E-state index contributed by atoms with van der Waals surface area (Å²) in [5, 5.41) is 3.95. The van der Waals surface area contributed by atoms with Crippen LogP contribution in [-0.4, -0.2) is 16.7 Å². The van der Waals surface area contributed by atoms with Crippen LogP contribution in [0, 0.1) is 12.7 Å². The molecule has 1 heterocycles. The maximum Gasteiger partial charge on any atom is 0.229 e. The number of aryl methyl sites for hydroxylation is 1. The average Bonchev–Trinajstić information content (AvgIpc) is 2.89. The number of aromatic nitrogens is 2. The SMILES string of the molecule is Cc1cc(-c2noc(C(C)CCCN)n2)ccc1F. The summed E-state index contributed by atoms with van der Waals surface area (Å²) < 4.78 is 18.5. The predicted octanol–water partition coefficient (Wildman–Crippen LogP) is 3.03. The fraction of sp³-hybridized carbons (Fsp3) is 0.429. The van der Waals surface area contributed by atoms with Gasteiger partial charge in [0.25, 0.3) is 0 Å². The Labute approximate surface area is 111 Å². The summed E-state index contributed by atoms with van der Waals surface area (Å²) in [6.07, 6.45) is 1.84. The van der Waals surface area contributed by atoms with Gasteiger partial charge in [0, 0.05) is 11.5 Å². The largest absolute Gasteiger partial charge is 0.339 e. The lowest BCUT2D eigenvalue weighted by molar-refractivity contribution is 0.352. The molecule has 0 aliphatic rings. The Morgan fingerprint density at radius 2 is 2.21 bits per heavy atom. The zero-order valence-electron chi connectivity index (χ0n) is 11.2. The molecule has 0 aliphatic carbocycles. The van der Waals surface area contributed by atoms with Crippen LogP contribution in [0.2, 0.25) is 0 Å². The van der Waals surface area contributed by atoms with Gasteiger partial charge in [-0.3, -0.25) is 0 Å². The van der Waals surface area contributed by atoms with E-state index in [2.05, 4.69) is 10.1 Å². The van der Waals surface area contributed by atoms with Crippen LogP contribution in [0.4, 0.5) is 4.39 Å². The fourth-order valence-corrected chi connectivity index (χ4v) is 1.88. The number of nitrogens with two attached hydrogens (primary N) is 1. The molecule has 4 nitrogen and oxygen atoms in total. The molecule has 0 bridgehead atoms. The van der Waals surface area contributed by atoms with Gasteiger partial charge in [0.1, 0.15) is 5.82 Å². The van der Waals surface area contributed by atoms with Gasteiger partial charge in [-0.05, 0) is 50.1 Å². The van der Waals surface area contributed by atoms with E-state index in [-0.39, 0.29) is 11.7 Å². The molecule has 0 aliphatic heterocycles. The third kappa shape index (κ3) is 3.17. The molecular weight excluding hydrogens is 245 g/mol. The number of rotatable bonds is 5. The summed E-state index contributed by atoms with van der Waals surface area (Å²) >= 11 is 0. The highest BCUT2D eigenvalue weighted by Crippen LogP contribution is 2.23. The molecular formula is C14H18FN3O. The lowest BCUT2D eigenvalue weighted by Gasteiger charge is -2.03. The van der Waals surface area contributed by atoms with E-state index in [1.165, 1.54) is 6.07 Å². The topological polar surface area (TPSA) is 64.9 Å². The first-order valence-electron chi connectivity index (χ1n) is 6.42. The van der Waals surface area contributed by atoms with E-state index in [0.717, 1.165) is 18.4 Å². The van der Waals surface area contributed by atoms with E-state index in [1.54, 1.807) is 19.1 Å². The van der Waals surface area contributed by atoms with Gasteiger partial charge in [-0.1, -0.05) is 12.1 Å². The number of benzene rings is 1. The third-order valence-electron chi connectivity index (χ3n) is 3.12. The summed E-state index contributed by atoms with van der Waals surface area (Å²) in [4.78, 5) is 4.36. The van der Waals surface area contributed by atoms with Crippen LogP contribution in [-0.2, 0) is 0 Å². The first kappa shape index (κ1) is 13.7. The molecule has 2 N–H and O–H groups in total. The lowest BCUT2D eigenvalue weighted by atomic mass is 10.1. The van der Waals surface area contributed by atoms with E-state index in [0.29, 0.717) is 23.8 Å². The first-order chi connectivity index (χ1) is 9.11. The van der Waals surface area contributed by atoms with E-state index in [4.69, 9.17) is 10.3 Å². The maximum atomic E-state index is 13.2. The molecule has 1 aromatic heterocycles. The monoisotopic (exact) mass is 263 g/mol. The van der Waals surface area contributed by atoms with Crippen molar-refractivity contribution in [3.05, 3.63) is 35.5 Å². The highest BCUT2D eigenvalue weighted by molar-refractivity contribution is 5.55. The predicted molar refractivity (Wildman–Crippen MR) is 71.1 cm³/mol. The molecule has 2 aromatic rings. The Morgan fingerprint density at radius 1 is 1.42 bits per heavy atom. The van der Waals surface area contributed by atoms with Crippen LogP contribution in [0.1, 0.15) is 37.1 Å². The second-order valence-electron chi connectivity index (χ2n) is 4.75. The highest BCUT2D eigenvalue weighted by Gasteiger charge is 2.15. The quantitative estimate of drug-likeness (QED) is 0.900. The van der Waals surface area contributed by atoms with Crippen molar-refractivity contribution < 1.29 is 8.91 Å². The Balaban J connectivity index is 2.18. The molecule has 0 saturated carbocycles. The van der Waals surface area contributed by atoms with E-state index in [1.807, 2.05) is 6.92 Å². The molecule has 0 fully saturated rings. The van der Waals surface area contributed by atoms with Crippen molar-refractivity contribution in [1.82, 2.24) is 10.1 Å². The fourth-order valence-electron chi connectivity index (χ4n) is 1.88. The molecule has 19 heavy (non-hydrogen) atoms. The molecule has 0 saturated heterocycles. The summed E-state index contributed by atoms with van der Waals surface area (Å²) in [5.74, 6) is 1.05. The summed E-state index contributed by atoms with van der Waals surface area (Å²) in [5.41, 5.74) is 6.81. The minimum Gasteiger partial charge on any atom is -0.339 e. The molecule has 1 aromatic carbocycles. The average molecular weight is 263 g/mol. The Hall–Kier alpha value is -1.75. The molecule has 0 radical (unpaired) electrons. The Bertz CT molecular complexity index is 553. The maximum absolute atomic E-state index is 13.2. The summed E-state index contributed by atoms with van der Waals surface area (Å²) in [7, 11) is 0. The number of nitrogens with zero attached hydrogens (tertiary/aromatic N) is 2. The van der Waals surface area contributed by atoms with Crippen LogP contribution in [0.15, 0.2) is 22.7 Å². The second kappa shape index (κ2) is 5.93. The van der Waals surface area contributed by atoms with E-state index >= 15 is 0 Å². The van der Waals surface area contributed by atoms with Gasteiger partial charge in [0.15, 0.2) is 0 Å². The Kier molecular flexibility index (Phi) is 4.27. The van der Waals surface area contributed by atoms with Crippen LogP contribution in [0.25, 0.3) is 11.4 Å². The van der Waals surface area contributed by atoms with Crippen LogP contribution >= 0.6 is 0 Å². The smallest absolute Gasteiger partial charge is 0.229 e. The van der Waals surface area contributed by atoms with Crippen molar-refractivity contribution in [2.75, 3.05) is 6.54 Å². The van der Waals surface area contributed by atoms with Crippen LogP contribution < -0.4 is 5.73 Å². The first-order valence-corrected chi connectivity index (χ1v) is 6.42. The minimum absolute atomic E-state index is 0.186. The van der Waals surface area contributed by atoms with Gasteiger partial charge in [0.2, 0.25) is 11.7 Å². The number of hydrogen-bond acceptors (Lipinski definition) is 4. The van der Waals surface area contributed by atoms with Crippen molar-refractivity contribution >= 4 is 0 Å². The van der Waals surface area contributed by atoms with Crippen molar-refractivity contribution in [3.8, 4) is 11.4 Å². The summed E-state index contributed by atoms with van der Waals surface area (Å²) in [6.45, 7) is 4.40. The number of halogens is 1. The number of hydrogen-bond donors (Lipinski definition) is 1. The van der Waals surface area contributed by atoms with E-state index < -0.39 is 0 Å². The van der Waals surface area contributed by atoms with Gasteiger partial charge in [-0.15, -0.1) is 0 Å². The third-order valence-corrected chi connectivity index (χ3v) is 3.12. The zero-order valence-corrected chi connectivity index (χ0v) is 11.2. The van der Waals surface area contributed by atoms with Crippen molar-refractivity contribution in [2.24, 2.45) is 5.73 Å². The van der Waals surface area contributed by atoms with Crippen LogP contribution in [0.5, 0.6) is 0 Å². The van der Waals surface area contributed by atoms with Gasteiger partial charge in [-0.25, -0.2) is 4.39 Å². The van der Waals surface area contributed by atoms with E-state index in [9.17, 15) is 4.39 Å². The molecule has 0 spiro atoms. The molecule has 5 heteroatoms. The van der Waals surface area contributed by atoms with Gasteiger partial charge < -0.3 is 10.3 Å². The van der Waals surface area contributed by atoms with Crippen molar-refractivity contribution in [3.63, 3.8) is 0 Å². The minimum atomic E-state index is -0.233. The lowest BCUT2D eigenvalue weighted by Crippen LogP contribution is -2.02. The molecule has 1 atom stereocenters. The van der Waals surface area contributed by atoms with Gasteiger partial charge in [0.05, 0.1) is 0 Å². The van der Waals surface area contributed by atoms with Gasteiger partial charge in [-0.2, -0.15) is 4.98 Å².